The lowest BCUT2D eigenvalue weighted by Gasteiger charge is -2.34. The van der Waals surface area contributed by atoms with Gasteiger partial charge in [0.25, 0.3) is 0 Å². The van der Waals surface area contributed by atoms with Crippen LogP contribution in [-0.4, -0.2) is 38.4 Å². The highest BCUT2D eigenvalue weighted by molar-refractivity contribution is 5.68. The maximum absolute atomic E-state index is 10.9. The van der Waals surface area contributed by atoms with Crippen molar-refractivity contribution in [3.05, 3.63) is 0 Å². The van der Waals surface area contributed by atoms with E-state index in [9.17, 15) is 4.79 Å². The van der Waals surface area contributed by atoms with Crippen molar-refractivity contribution in [2.24, 2.45) is 0 Å². The molecule has 1 fully saturated rings. The first-order valence-corrected chi connectivity index (χ1v) is 5.58. The SMILES string of the molecule is COC(=O)CCCOC1(C)CCCNC1. The molecule has 0 aromatic rings. The van der Waals surface area contributed by atoms with Gasteiger partial charge < -0.3 is 14.8 Å². The van der Waals surface area contributed by atoms with E-state index >= 15 is 0 Å². The first-order valence-electron chi connectivity index (χ1n) is 5.58. The van der Waals surface area contributed by atoms with E-state index in [0.717, 1.165) is 32.4 Å². The summed E-state index contributed by atoms with van der Waals surface area (Å²) in [6, 6.07) is 0. The van der Waals surface area contributed by atoms with E-state index < -0.39 is 0 Å². The molecule has 0 radical (unpaired) electrons. The van der Waals surface area contributed by atoms with Crippen molar-refractivity contribution in [3.63, 3.8) is 0 Å². The Kier molecular flexibility index (Phi) is 5.05. The number of esters is 1. The topological polar surface area (TPSA) is 47.6 Å². The van der Waals surface area contributed by atoms with E-state index in [1.165, 1.54) is 7.11 Å². The summed E-state index contributed by atoms with van der Waals surface area (Å²) in [6.45, 7) is 4.75. The summed E-state index contributed by atoms with van der Waals surface area (Å²) in [5.41, 5.74) is -0.0473. The molecular formula is C11H21NO3. The number of ether oxygens (including phenoxy) is 2. The van der Waals surface area contributed by atoms with Crippen LogP contribution in [0.1, 0.15) is 32.6 Å². The molecule has 0 aliphatic carbocycles. The molecule has 4 heteroatoms. The second-order valence-corrected chi connectivity index (χ2v) is 4.26. The zero-order chi connectivity index (χ0) is 11.1. The lowest BCUT2D eigenvalue weighted by atomic mass is 9.96. The van der Waals surface area contributed by atoms with Gasteiger partial charge in [0.1, 0.15) is 0 Å². The van der Waals surface area contributed by atoms with Gasteiger partial charge in [-0.05, 0) is 32.7 Å². The summed E-state index contributed by atoms with van der Waals surface area (Å²) in [6.07, 6.45) is 3.44. The highest BCUT2D eigenvalue weighted by Crippen LogP contribution is 2.20. The Morgan fingerprint density at radius 3 is 2.93 bits per heavy atom. The molecule has 1 unspecified atom stereocenters. The van der Waals surface area contributed by atoms with Crippen LogP contribution < -0.4 is 5.32 Å². The quantitative estimate of drug-likeness (QED) is 0.551. The van der Waals surface area contributed by atoms with Crippen LogP contribution in [0.2, 0.25) is 0 Å². The van der Waals surface area contributed by atoms with E-state index in [-0.39, 0.29) is 11.6 Å². The Hall–Kier alpha value is -0.610. The Morgan fingerprint density at radius 1 is 1.53 bits per heavy atom. The zero-order valence-corrected chi connectivity index (χ0v) is 9.67. The van der Waals surface area contributed by atoms with Crippen molar-refractivity contribution in [1.29, 1.82) is 0 Å². The molecule has 0 aromatic carbocycles. The first-order chi connectivity index (χ1) is 7.16. The number of rotatable bonds is 5. The Morgan fingerprint density at radius 2 is 2.33 bits per heavy atom. The van der Waals surface area contributed by atoms with Gasteiger partial charge >= 0.3 is 5.97 Å². The average molecular weight is 215 g/mol. The van der Waals surface area contributed by atoms with E-state index in [4.69, 9.17) is 4.74 Å². The van der Waals surface area contributed by atoms with Gasteiger partial charge in [-0.25, -0.2) is 0 Å². The van der Waals surface area contributed by atoms with Gasteiger partial charge in [-0.1, -0.05) is 0 Å². The third-order valence-electron chi connectivity index (χ3n) is 2.76. The molecule has 1 aliphatic heterocycles. The molecule has 1 N–H and O–H groups in total. The molecule has 0 saturated carbocycles. The summed E-state index contributed by atoms with van der Waals surface area (Å²) in [7, 11) is 1.41. The maximum atomic E-state index is 10.9. The van der Waals surface area contributed by atoms with E-state index in [1.54, 1.807) is 0 Å². The lowest BCUT2D eigenvalue weighted by Crippen LogP contribution is -2.45. The predicted octanol–water partition coefficient (Wildman–Crippen LogP) is 1.10. The fourth-order valence-corrected chi connectivity index (χ4v) is 1.79. The van der Waals surface area contributed by atoms with Crippen LogP contribution in [0.25, 0.3) is 0 Å². The number of methoxy groups -OCH3 is 1. The Bertz CT molecular complexity index is 200. The summed E-state index contributed by atoms with van der Waals surface area (Å²) < 4.78 is 10.4. The molecule has 1 saturated heterocycles. The van der Waals surface area contributed by atoms with Crippen molar-refractivity contribution >= 4 is 5.97 Å². The fourth-order valence-electron chi connectivity index (χ4n) is 1.79. The second kappa shape index (κ2) is 6.08. The molecule has 15 heavy (non-hydrogen) atoms. The van der Waals surface area contributed by atoms with Crippen LogP contribution in [0.4, 0.5) is 0 Å². The summed E-state index contributed by atoms with van der Waals surface area (Å²) in [5, 5.41) is 3.32. The largest absolute Gasteiger partial charge is 0.469 e. The molecule has 1 aliphatic rings. The highest BCUT2D eigenvalue weighted by Gasteiger charge is 2.26. The normalized spacial score (nSPS) is 26.3. The van der Waals surface area contributed by atoms with Gasteiger partial charge in [-0.15, -0.1) is 0 Å². The molecule has 1 rings (SSSR count). The molecular weight excluding hydrogens is 194 g/mol. The van der Waals surface area contributed by atoms with Crippen LogP contribution in [0.3, 0.4) is 0 Å². The number of nitrogens with one attached hydrogen (secondary N) is 1. The Labute approximate surface area is 91.3 Å². The number of carbonyl (C=O) groups excluding carboxylic acids is 1. The van der Waals surface area contributed by atoms with Crippen LogP contribution in [0.15, 0.2) is 0 Å². The Balaban J connectivity index is 2.10. The minimum absolute atomic E-state index is 0.0473. The third-order valence-corrected chi connectivity index (χ3v) is 2.76. The second-order valence-electron chi connectivity index (χ2n) is 4.26. The van der Waals surface area contributed by atoms with Crippen molar-refractivity contribution in [3.8, 4) is 0 Å². The smallest absolute Gasteiger partial charge is 0.305 e. The number of hydrogen-bond donors (Lipinski definition) is 1. The molecule has 1 heterocycles. The van der Waals surface area contributed by atoms with Crippen LogP contribution in [0.5, 0.6) is 0 Å². The van der Waals surface area contributed by atoms with Crippen LogP contribution >= 0.6 is 0 Å². The van der Waals surface area contributed by atoms with E-state index in [1.807, 2.05) is 0 Å². The van der Waals surface area contributed by atoms with Crippen molar-refractivity contribution < 1.29 is 14.3 Å². The lowest BCUT2D eigenvalue weighted by molar-refractivity contribution is -0.141. The number of hydrogen-bond acceptors (Lipinski definition) is 4. The molecule has 0 amide bonds. The minimum atomic E-state index is -0.162. The van der Waals surface area contributed by atoms with Gasteiger partial charge in [0.15, 0.2) is 0 Å². The van der Waals surface area contributed by atoms with E-state index in [0.29, 0.717) is 13.0 Å². The molecule has 0 aromatic heterocycles. The van der Waals surface area contributed by atoms with Gasteiger partial charge in [0, 0.05) is 19.6 Å². The monoisotopic (exact) mass is 215 g/mol. The van der Waals surface area contributed by atoms with Crippen molar-refractivity contribution in [1.82, 2.24) is 5.32 Å². The minimum Gasteiger partial charge on any atom is -0.469 e. The van der Waals surface area contributed by atoms with E-state index in [2.05, 4.69) is 17.0 Å². The van der Waals surface area contributed by atoms with Crippen molar-refractivity contribution in [2.75, 3.05) is 26.8 Å². The van der Waals surface area contributed by atoms with Crippen molar-refractivity contribution in [2.45, 2.75) is 38.2 Å². The van der Waals surface area contributed by atoms with Gasteiger partial charge in [0.05, 0.1) is 12.7 Å². The first kappa shape index (κ1) is 12.5. The highest BCUT2D eigenvalue weighted by atomic mass is 16.5. The molecule has 0 spiro atoms. The van der Waals surface area contributed by atoms with Gasteiger partial charge in [-0.3, -0.25) is 4.79 Å². The number of piperidine rings is 1. The number of carbonyl (C=O) groups is 1. The van der Waals surface area contributed by atoms with Crippen LogP contribution in [0, 0.1) is 0 Å². The molecule has 4 nitrogen and oxygen atoms in total. The summed E-state index contributed by atoms with van der Waals surface area (Å²) in [4.78, 5) is 10.9. The molecule has 0 bridgehead atoms. The average Bonchev–Trinajstić information content (AvgIpc) is 2.25. The third kappa shape index (κ3) is 4.62. The predicted molar refractivity (Wildman–Crippen MR) is 57.7 cm³/mol. The standard InChI is InChI=1S/C11H21NO3/c1-11(6-4-7-12-9-11)15-8-3-5-10(13)14-2/h12H,3-9H2,1-2H3. The zero-order valence-electron chi connectivity index (χ0n) is 9.67. The summed E-state index contributed by atoms with van der Waals surface area (Å²) in [5.74, 6) is -0.162. The van der Waals surface area contributed by atoms with Gasteiger partial charge in [0.2, 0.25) is 0 Å². The summed E-state index contributed by atoms with van der Waals surface area (Å²) >= 11 is 0. The molecule has 1 atom stereocenters. The fraction of sp³-hybridized carbons (Fsp3) is 0.909. The van der Waals surface area contributed by atoms with Gasteiger partial charge in [-0.2, -0.15) is 0 Å². The molecule has 88 valence electrons. The maximum Gasteiger partial charge on any atom is 0.305 e. The van der Waals surface area contributed by atoms with Crippen LogP contribution in [-0.2, 0) is 14.3 Å².